The number of nitrogens with zero attached hydrogens (tertiary/aromatic N) is 1. The van der Waals surface area contributed by atoms with Gasteiger partial charge in [-0.05, 0) is 75.5 Å². The first-order valence-electron chi connectivity index (χ1n) is 12.0. The number of nitrogens with one attached hydrogen (secondary N) is 1. The number of para-hydroxylation sites is 1. The fourth-order valence-corrected chi connectivity index (χ4v) is 4.90. The number of aliphatic hydroxyl groups excluding tert-OH is 1. The van der Waals surface area contributed by atoms with Crippen molar-refractivity contribution in [2.24, 2.45) is 5.92 Å². The first-order valence-corrected chi connectivity index (χ1v) is 12.0. The Morgan fingerprint density at radius 1 is 1.18 bits per heavy atom. The van der Waals surface area contributed by atoms with E-state index in [2.05, 4.69) is 0 Å². The maximum Gasteiger partial charge on any atom is 0.253 e. The Morgan fingerprint density at radius 2 is 1.91 bits per heavy atom. The molecule has 2 unspecified atom stereocenters. The lowest BCUT2D eigenvalue weighted by Crippen LogP contribution is -2.32. The van der Waals surface area contributed by atoms with Gasteiger partial charge in [0, 0.05) is 41.2 Å². The van der Waals surface area contributed by atoms with Gasteiger partial charge in [-0.2, -0.15) is 0 Å². The van der Waals surface area contributed by atoms with Crippen molar-refractivity contribution in [2.45, 2.75) is 63.6 Å². The van der Waals surface area contributed by atoms with E-state index in [-0.39, 0.29) is 5.91 Å². The molecule has 4 rings (SSSR count). The number of hydrogen-bond acceptors (Lipinski definition) is 5. The van der Waals surface area contributed by atoms with Gasteiger partial charge in [0.25, 0.3) is 5.91 Å². The number of aliphatic hydroxyl groups is 2. The molecule has 5 N–H and O–H groups in total. The first kappa shape index (κ1) is 23.5. The molecule has 176 valence electrons. The largest absolute Gasteiger partial charge is 0.398 e. The van der Waals surface area contributed by atoms with Crippen molar-refractivity contribution in [1.29, 1.82) is 5.41 Å². The first-order chi connectivity index (χ1) is 15.8. The second kappa shape index (κ2) is 9.65. The molecule has 2 fully saturated rings. The maximum atomic E-state index is 13.1. The molecule has 6 nitrogen and oxygen atoms in total. The van der Waals surface area contributed by atoms with Crippen molar-refractivity contribution in [3.8, 4) is 11.1 Å². The minimum atomic E-state index is -0.830. The van der Waals surface area contributed by atoms with E-state index in [0.717, 1.165) is 55.5 Å². The Balaban J connectivity index is 1.36. The Kier molecular flexibility index (Phi) is 6.86. The molecular weight excluding hydrogens is 414 g/mol. The van der Waals surface area contributed by atoms with Crippen molar-refractivity contribution in [3.05, 3.63) is 53.6 Å². The minimum Gasteiger partial charge on any atom is -0.398 e. The number of hydrogen-bond donors (Lipinski definition) is 4. The number of benzene rings is 2. The zero-order valence-corrected chi connectivity index (χ0v) is 19.4. The van der Waals surface area contributed by atoms with Crippen LogP contribution >= 0.6 is 0 Å². The highest BCUT2D eigenvalue weighted by Crippen LogP contribution is 2.40. The molecular formula is C27H35N3O3. The van der Waals surface area contributed by atoms with Crippen LogP contribution in [0.4, 0.5) is 5.69 Å². The number of nitrogen functional groups attached to an aromatic ring is 1. The molecule has 0 aromatic heterocycles. The van der Waals surface area contributed by atoms with E-state index < -0.39 is 11.7 Å². The fourth-order valence-electron chi connectivity index (χ4n) is 4.90. The van der Waals surface area contributed by atoms with Crippen LogP contribution in [-0.2, 0) is 0 Å². The van der Waals surface area contributed by atoms with Gasteiger partial charge in [0.2, 0.25) is 0 Å². The van der Waals surface area contributed by atoms with E-state index in [1.54, 1.807) is 6.92 Å². The van der Waals surface area contributed by atoms with E-state index >= 15 is 0 Å². The highest BCUT2D eigenvalue weighted by Gasteiger charge is 2.46. The van der Waals surface area contributed by atoms with Crippen molar-refractivity contribution in [1.82, 2.24) is 4.90 Å². The Bertz CT molecular complexity index is 1010. The number of nitrogens with two attached hydrogens (primary N) is 1. The average molecular weight is 450 g/mol. The molecule has 33 heavy (non-hydrogen) atoms. The van der Waals surface area contributed by atoms with E-state index in [1.807, 2.05) is 47.4 Å². The molecule has 0 spiro atoms. The zero-order chi connectivity index (χ0) is 23.6. The molecule has 2 aliphatic rings. The van der Waals surface area contributed by atoms with Crippen LogP contribution in [0.15, 0.2) is 42.5 Å². The van der Waals surface area contributed by atoms with Gasteiger partial charge < -0.3 is 26.3 Å². The third-order valence-corrected chi connectivity index (χ3v) is 7.32. The number of amides is 1. The monoisotopic (exact) mass is 449 g/mol. The molecule has 2 aromatic carbocycles. The highest BCUT2D eigenvalue weighted by molar-refractivity contribution is 6.04. The van der Waals surface area contributed by atoms with Gasteiger partial charge in [-0.3, -0.25) is 4.79 Å². The van der Waals surface area contributed by atoms with Crippen LogP contribution in [0.25, 0.3) is 11.1 Å². The second-order valence-electron chi connectivity index (χ2n) is 9.76. The molecule has 1 saturated heterocycles. The van der Waals surface area contributed by atoms with Gasteiger partial charge in [-0.1, -0.05) is 30.3 Å². The molecule has 0 radical (unpaired) electrons. The fraction of sp³-hybridized carbons (Fsp3) is 0.481. The number of likely N-dealkylation sites (tertiary alicyclic amines) is 1. The zero-order valence-electron chi connectivity index (χ0n) is 19.4. The summed E-state index contributed by atoms with van der Waals surface area (Å²) in [5, 5.41) is 28.1. The van der Waals surface area contributed by atoms with E-state index in [0.29, 0.717) is 42.1 Å². The predicted molar refractivity (Wildman–Crippen MR) is 131 cm³/mol. The summed E-state index contributed by atoms with van der Waals surface area (Å²) in [6.07, 6.45) is 5.28. The van der Waals surface area contributed by atoms with Crippen molar-refractivity contribution in [2.75, 3.05) is 18.8 Å². The summed E-state index contributed by atoms with van der Waals surface area (Å²) >= 11 is 0. The third kappa shape index (κ3) is 5.28. The summed E-state index contributed by atoms with van der Waals surface area (Å²) in [4.78, 5) is 15.1. The lowest BCUT2D eigenvalue weighted by Gasteiger charge is -2.22. The topological polar surface area (TPSA) is 111 Å². The van der Waals surface area contributed by atoms with E-state index in [1.165, 1.54) is 0 Å². The van der Waals surface area contributed by atoms with Crippen LogP contribution in [0.2, 0.25) is 0 Å². The molecule has 6 heteroatoms. The van der Waals surface area contributed by atoms with Gasteiger partial charge in [0.15, 0.2) is 0 Å². The molecule has 0 bridgehead atoms. The molecule has 1 heterocycles. The molecule has 1 aliphatic heterocycles. The van der Waals surface area contributed by atoms with Crippen LogP contribution in [0.1, 0.15) is 67.8 Å². The van der Waals surface area contributed by atoms with Gasteiger partial charge >= 0.3 is 0 Å². The van der Waals surface area contributed by atoms with Crippen LogP contribution in [0, 0.1) is 11.3 Å². The van der Waals surface area contributed by atoms with Crippen molar-refractivity contribution < 1.29 is 15.0 Å². The van der Waals surface area contributed by atoms with Gasteiger partial charge in [0.1, 0.15) is 0 Å². The summed E-state index contributed by atoms with van der Waals surface area (Å²) in [7, 11) is 0. The lowest BCUT2D eigenvalue weighted by molar-refractivity contribution is -0.00835. The minimum absolute atomic E-state index is 0.0478. The van der Waals surface area contributed by atoms with Crippen LogP contribution < -0.4 is 5.73 Å². The Labute approximate surface area is 195 Å². The van der Waals surface area contributed by atoms with E-state index in [9.17, 15) is 15.0 Å². The van der Waals surface area contributed by atoms with Gasteiger partial charge in [-0.15, -0.1) is 0 Å². The normalized spacial score (nSPS) is 20.7. The van der Waals surface area contributed by atoms with Crippen molar-refractivity contribution in [3.63, 3.8) is 0 Å². The van der Waals surface area contributed by atoms with E-state index in [4.69, 9.17) is 11.1 Å². The average Bonchev–Trinajstić information content (AvgIpc) is 3.60. The van der Waals surface area contributed by atoms with Crippen LogP contribution in [-0.4, -0.2) is 51.5 Å². The number of rotatable bonds is 7. The third-order valence-electron chi connectivity index (χ3n) is 7.32. The maximum absolute atomic E-state index is 13.1. The highest BCUT2D eigenvalue weighted by atomic mass is 16.3. The molecule has 2 aromatic rings. The second-order valence-corrected chi connectivity index (χ2v) is 9.76. The van der Waals surface area contributed by atoms with Crippen LogP contribution in [0.3, 0.4) is 0 Å². The summed E-state index contributed by atoms with van der Waals surface area (Å²) < 4.78 is 0. The number of carbonyl (C=O) groups excluding carboxylic acids is 1. The summed E-state index contributed by atoms with van der Waals surface area (Å²) in [6.45, 7) is 3.19. The predicted octanol–water partition coefficient (Wildman–Crippen LogP) is 4.23. The summed E-state index contributed by atoms with van der Waals surface area (Å²) in [6, 6.07) is 13.2. The number of anilines is 1. The van der Waals surface area contributed by atoms with Gasteiger partial charge in [-0.25, -0.2) is 0 Å². The summed E-state index contributed by atoms with van der Waals surface area (Å²) in [5.74, 6) is 0.529. The smallest absolute Gasteiger partial charge is 0.253 e. The number of carbonyl (C=O) groups is 1. The molecule has 1 amide bonds. The quantitative estimate of drug-likeness (QED) is 0.374. The molecule has 1 aliphatic carbocycles. The van der Waals surface area contributed by atoms with Crippen LogP contribution in [0.5, 0.6) is 0 Å². The molecule has 1 saturated carbocycles. The standard InChI is InChI=1S/C27H35N3O3/c1-18(28)22-5-2-6-23(25(22)29)20-8-10-21(11-9-20)26(32)30-16-3-4-19(13-17-30)7-12-24(31)27(33)14-15-27/h2,5-6,8-11,19,24,28,31,33H,3-4,7,12-17,29H2,1H3. The van der Waals surface area contributed by atoms with Crippen molar-refractivity contribution >= 4 is 17.3 Å². The SMILES string of the molecule is CC(=N)c1cccc(-c2ccc(C(=O)N3CCCC(CCC(O)C4(O)CC4)CC3)cc2)c1N. The van der Waals surface area contributed by atoms with Gasteiger partial charge in [0.05, 0.1) is 11.7 Å². The Morgan fingerprint density at radius 3 is 2.58 bits per heavy atom. The Hall–Kier alpha value is -2.70. The summed E-state index contributed by atoms with van der Waals surface area (Å²) in [5.41, 5.74) is 9.66. The molecule has 2 atom stereocenters. The lowest BCUT2D eigenvalue weighted by atomic mass is 9.92.